The lowest BCUT2D eigenvalue weighted by Gasteiger charge is -2.22. The van der Waals surface area contributed by atoms with E-state index in [1.54, 1.807) is 4.90 Å². The second-order valence-corrected chi connectivity index (χ2v) is 5.79. The Labute approximate surface area is 142 Å². The maximum absolute atomic E-state index is 12.8. The number of amides is 1. The smallest absolute Gasteiger partial charge is 0.270 e. The van der Waals surface area contributed by atoms with Gasteiger partial charge in [0, 0.05) is 11.4 Å². The SMILES string of the molecule is O=C(CSc1nncc(=O)[nH]1)N(c1ccccc1)c1ccccc1. The number of benzene rings is 2. The summed E-state index contributed by atoms with van der Waals surface area (Å²) < 4.78 is 0. The predicted molar refractivity (Wildman–Crippen MR) is 93.4 cm³/mol. The molecule has 3 aromatic rings. The summed E-state index contributed by atoms with van der Waals surface area (Å²) in [5.74, 6) is 0.00205. The lowest BCUT2D eigenvalue weighted by atomic mass is 10.2. The number of aromatic amines is 1. The molecule has 0 aliphatic heterocycles. The second kappa shape index (κ2) is 7.56. The fourth-order valence-electron chi connectivity index (χ4n) is 2.15. The zero-order chi connectivity index (χ0) is 16.8. The molecule has 0 atom stereocenters. The fraction of sp³-hybridized carbons (Fsp3) is 0.0588. The number of para-hydroxylation sites is 2. The summed E-state index contributed by atoms with van der Waals surface area (Å²) in [5, 5.41) is 7.70. The fourth-order valence-corrected chi connectivity index (χ4v) is 2.81. The summed E-state index contributed by atoms with van der Waals surface area (Å²) in [4.78, 5) is 28.2. The highest BCUT2D eigenvalue weighted by Crippen LogP contribution is 2.26. The highest BCUT2D eigenvalue weighted by molar-refractivity contribution is 7.99. The number of hydrogen-bond acceptors (Lipinski definition) is 5. The van der Waals surface area contributed by atoms with E-state index in [9.17, 15) is 9.59 Å². The number of hydrogen-bond donors (Lipinski definition) is 1. The second-order valence-electron chi connectivity index (χ2n) is 4.83. The maximum Gasteiger partial charge on any atom is 0.270 e. The molecule has 120 valence electrons. The molecule has 0 saturated heterocycles. The van der Waals surface area contributed by atoms with Crippen molar-refractivity contribution in [3.8, 4) is 0 Å². The molecule has 0 unspecified atom stereocenters. The van der Waals surface area contributed by atoms with Crippen molar-refractivity contribution >= 4 is 29.0 Å². The zero-order valence-corrected chi connectivity index (χ0v) is 13.4. The van der Waals surface area contributed by atoms with Crippen molar-refractivity contribution in [3.05, 3.63) is 77.2 Å². The number of aromatic nitrogens is 3. The van der Waals surface area contributed by atoms with Crippen molar-refractivity contribution in [3.63, 3.8) is 0 Å². The maximum atomic E-state index is 12.8. The van der Waals surface area contributed by atoms with Gasteiger partial charge >= 0.3 is 0 Å². The molecule has 1 N–H and O–H groups in total. The van der Waals surface area contributed by atoms with Crippen LogP contribution in [0, 0.1) is 0 Å². The van der Waals surface area contributed by atoms with Crippen molar-refractivity contribution in [2.75, 3.05) is 10.7 Å². The Bertz CT molecular complexity index is 829. The van der Waals surface area contributed by atoms with Crippen LogP contribution in [0.15, 0.2) is 76.8 Å². The van der Waals surface area contributed by atoms with Crippen LogP contribution in [0.3, 0.4) is 0 Å². The van der Waals surface area contributed by atoms with Gasteiger partial charge < -0.3 is 0 Å². The Kier molecular flexibility index (Phi) is 5.02. The van der Waals surface area contributed by atoms with Crippen molar-refractivity contribution in [2.24, 2.45) is 0 Å². The molecule has 0 fully saturated rings. The molecule has 24 heavy (non-hydrogen) atoms. The van der Waals surface area contributed by atoms with Crippen LogP contribution in [0.4, 0.5) is 11.4 Å². The summed E-state index contributed by atoms with van der Waals surface area (Å²) in [6.45, 7) is 0. The molecule has 0 bridgehead atoms. The van der Waals surface area contributed by atoms with E-state index in [0.717, 1.165) is 29.3 Å². The number of nitrogens with zero attached hydrogens (tertiary/aromatic N) is 3. The highest BCUT2D eigenvalue weighted by atomic mass is 32.2. The number of H-pyrrole nitrogens is 1. The molecular formula is C17H14N4O2S. The first-order valence-electron chi connectivity index (χ1n) is 7.22. The number of anilines is 2. The van der Waals surface area contributed by atoms with Gasteiger partial charge in [0.05, 0.1) is 5.75 Å². The van der Waals surface area contributed by atoms with E-state index < -0.39 is 0 Å². The first kappa shape index (κ1) is 15.9. The van der Waals surface area contributed by atoms with Crippen molar-refractivity contribution < 1.29 is 4.79 Å². The van der Waals surface area contributed by atoms with Crippen molar-refractivity contribution in [2.45, 2.75) is 5.16 Å². The number of carbonyl (C=O) groups excluding carboxylic acids is 1. The quantitative estimate of drug-likeness (QED) is 0.724. The minimum atomic E-state index is -0.345. The average molecular weight is 338 g/mol. The Hall–Kier alpha value is -2.93. The normalized spacial score (nSPS) is 10.3. The molecule has 2 aromatic carbocycles. The van der Waals surface area contributed by atoms with Crippen molar-refractivity contribution in [1.29, 1.82) is 0 Å². The first-order chi connectivity index (χ1) is 11.7. The number of carbonyl (C=O) groups is 1. The molecule has 0 aliphatic carbocycles. The van der Waals surface area contributed by atoms with Crippen LogP contribution < -0.4 is 10.5 Å². The van der Waals surface area contributed by atoms with Gasteiger partial charge in [-0.3, -0.25) is 19.5 Å². The molecule has 1 aromatic heterocycles. The summed E-state index contributed by atoms with van der Waals surface area (Å²) >= 11 is 1.14. The molecule has 0 aliphatic rings. The zero-order valence-electron chi connectivity index (χ0n) is 12.6. The molecule has 0 radical (unpaired) electrons. The van der Waals surface area contributed by atoms with E-state index in [1.807, 2.05) is 60.7 Å². The standard InChI is InChI=1S/C17H14N4O2S/c22-15-11-18-20-17(19-15)24-12-16(23)21(13-7-3-1-4-8-13)14-9-5-2-6-10-14/h1-11H,12H2,(H,19,20,22). The summed E-state index contributed by atoms with van der Waals surface area (Å²) in [5.41, 5.74) is 1.21. The largest absolute Gasteiger partial charge is 0.299 e. The lowest BCUT2D eigenvalue weighted by Crippen LogP contribution is -2.27. The number of thioether (sulfide) groups is 1. The van der Waals surface area contributed by atoms with Gasteiger partial charge in [-0.05, 0) is 24.3 Å². The third kappa shape index (κ3) is 3.88. The molecule has 1 heterocycles. The molecule has 6 nitrogen and oxygen atoms in total. The van der Waals surface area contributed by atoms with E-state index in [0.29, 0.717) is 5.16 Å². The van der Waals surface area contributed by atoms with Gasteiger partial charge in [0.1, 0.15) is 6.20 Å². The van der Waals surface area contributed by atoms with E-state index >= 15 is 0 Å². The van der Waals surface area contributed by atoms with E-state index in [1.165, 1.54) is 0 Å². The van der Waals surface area contributed by atoms with Crippen LogP contribution >= 0.6 is 11.8 Å². The van der Waals surface area contributed by atoms with E-state index in [2.05, 4.69) is 15.2 Å². The number of nitrogens with one attached hydrogen (secondary N) is 1. The van der Waals surface area contributed by atoms with Crippen LogP contribution in [0.2, 0.25) is 0 Å². The Balaban J connectivity index is 1.83. The minimum absolute atomic E-state index is 0.121. The highest BCUT2D eigenvalue weighted by Gasteiger charge is 2.18. The minimum Gasteiger partial charge on any atom is -0.299 e. The van der Waals surface area contributed by atoms with Crippen LogP contribution in [0.1, 0.15) is 0 Å². The summed E-state index contributed by atoms with van der Waals surface area (Å²) in [7, 11) is 0. The molecular weight excluding hydrogens is 324 g/mol. The molecule has 3 rings (SSSR count). The van der Waals surface area contributed by atoms with Gasteiger partial charge in [-0.1, -0.05) is 48.2 Å². The third-order valence-electron chi connectivity index (χ3n) is 3.16. The Morgan fingerprint density at radius 2 is 1.58 bits per heavy atom. The average Bonchev–Trinajstić information content (AvgIpc) is 2.62. The molecule has 1 amide bonds. The monoisotopic (exact) mass is 338 g/mol. The molecule has 0 saturated carbocycles. The van der Waals surface area contributed by atoms with Crippen LogP contribution in [-0.2, 0) is 4.79 Å². The predicted octanol–water partition coefficient (Wildman–Crippen LogP) is 2.62. The topological polar surface area (TPSA) is 79.0 Å². The Morgan fingerprint density at radius 1 is 1.00 bits per heavy atom. The van der Waals surface area contributed by atoms with Gasteiger partial charge in [0.2, 0.25) is 5.91 Å². The molecule has 0 spiro atoms. The third-order valence-corrected chi connectivity index (χ3v) is 4.01. The summed E-state index contributed by atoms with van der Waals surface area (Å²) in [6, 6.07) is 18.8. The van der Waals surface area contributed by atoms with Crippen molar-refractivity contribution in [1.82, 2.24) is 15.2 Å². The molecule has 7 heteroatoms. The van der Waals surface area contributed by atoms with E-state index in [4.69, 9.17) is 0 Å². The van der Waals surface area contributed by atoms with Gasteiger partial charge in [0.25, 0.3) is 5.56 Å². The van der Waals surface area contributed by atoms with Crippen LogP contribution in [0.25, 0.3) is 0 Å². The van der Waals surface area contributed by atoms with Crippen LogP contribution in [0.5, 0.6) is 0 Å². The van der Waals surface area contributed by atoms with Gasteiger partial charge in [0.15, 0.2) is 5.16 Å². The first-order valence-corrected chi connectivity index (χ1v) is 8.20. The Morgan fingerprint density at radius 3 is 2.12 bits per heavy atom. The summed E-state index contributed by atoms with van der Waals surface area (Å²) in [6.07, 6.45) is 1.09. The number of rotatable bonds is 5. The van der Waals surface area contributed by atoms with E-state index in [-0.39, 0.29) is 17.2 Å². The lowest BCUT2D eigenvalue weighted by molar-refractivity contribution is -0.115. The van der Waals surface area contributed by atoms with Crippen LogP contribution in [-0.4, -0.2) is 26.8 Å². The van der Waals surface area contributed by atoms with Gasteiger partial charge in [-0.2, -0.15) is 5.10 Å². The van der Waals surface area contributed by atoms with Gasteiger partial charge in [-0.25, -0.2) is 0 Å². The van der Waals surface area contributed by atoms with Gasteiger partial charge in [-0.15, -0.1) is 5.10 Å².